The molecule has 0 aromatic heterocycles. The molecule has 5 rings (SSSR count). The van der Waals surface area contributed by atoms with Crippen LogP contribution in [0.15, 0.2) is 91.0 Å². The highest BCUT2D eigenvalue weighted by atomic mass is 16.3. The minimum atomic E-state index is -1.93. The first-order valence-corrected chi connectivity index (χ1v) is 39.4. The number of benzene rings is 3. The normalized spacial score (nSPS) is 22.5. The number of amides is 14. The Labute approximate surface area is 661 Å². The van der Waals surface area contributed by atoms with E-state index in [0.29, 0.717) is 36.2 Å². The van der Waals surface area contributed by atoms with Gasteiger partial charge < -0.3 is 76.6 Å². The van der Waals surface area contributed by atoms with Gasteiger partial charge in [-0.2, -0.15) is 0 Å². The van der Waals surface area contributed by atoms with E-state index in [0.717, 1.165) is 29.1 Å². The average molecular weight is 1560 g/mol. The molecule has 2 aliphatic heterocycles. The van der Waals surface area contributed by atoms with Gasteiger partial charge in [0.1, 0.15) is 78.5 Å². The Morgan fingerprint density at radius 3 is 1.56 bits per heavy atom. The van der Waals surface area contributed by atoms with Gasteiger partial charge in [-0.1, -0.05) is 167 Å². The van der Waals surface area contributed by atoms with E-state index in [-0.39, 0.29) is 55.8 Å². The first-order chi connectivity index (χ1) is 52.6. The Morgan fingerprint density at radius 2 is 1.04 bits per heavy atom. The van der Waals surface area contributed by atoms with Crippen LogP contribution in [0.25, 0.3) is 0 Å². The minimum absolute atomic E-state index is 0.0418. The fourth-order valence-corrected chi connectivity index (χ4v) is 13.8. The lowest BCUT2D eigenvalue weighted by Gasteiger charge is -2.38. The molecule has 0 spiro atoms. The van der Waals surface area contributed by atoms with Crippen LogP contribution in [0.4, 0.5) is 0 Å². The summed E-state index contributed by atoms with van der Waals surface area (Å²) in [5.41, 5.74) is 1.73. The summed E-state index contributed by atoms with van der Waals surface area (Å²) >= 11 is 0. The van der Waals surface area contributed by atoms with Crippen LogP contribution >= 0.6 is 0 Å². The molecule has 0 unspecified atom stereocenters. The predicted molar refractivity (Wildman–Crippen MR) is 425 cm³/mol. The topological polar surface area (TPSA) is 366 Å². The molecule has 3 aromatic carbocycles. The first-order valence-electron chi connectivity index (χ1n) is 39.4. The molecule has 29 heteroatoms. The largest absolute Gasteiger partial charge is 0.391 e. The molecule has 29 nitrogen and oxygen atoms in total. The van der Waals surface area contributed by atoms with Gasteiger partial charge in [-0.05, 0) is 106 Å². The molecule has 112 heavy (non-hydrogen) atoms. The summed E-state index contributed by atoms with van der Waals surface area (Å²) in [6, 6.07) is 7.81. The maximum atomic E-state index is 15.8. The smallest absolute Gasteiger partial charge is 0.246 e. The van der Waals surface area contributed by atoms with E-state index in [1.165, 1.54) is 89.6 Å². The molecular weight excluding hydrogens is 1430 g/mol. The maximum Gasteiger partial charge on any atom is 0.246 e. The Balaban J connectivity index is 1.60. The number of hydrogen-bond donors (Lipinski definition) is 8. The number of piperidine rings is 1. The lowest BCUT2D eigenvalue weighted by Crippen LogP contribution is -2.63. The molecule has 14 amide bonds. The van der Waals surface area contributed by atoms with E-state index < -0.39 is 180 Å². The van der Waals surface area contributed by atoms with Crippen molar-refractivity contribution < 1.29 is 72.2 Å². The molecule has 3 aromatic rings. The second-order valence-electron chi connectivity index (χ2n) is 32.0. The van der Waals surface area contributed by atoms with Crippen molar-refractivity contribution in [3.05, 3.63) is 108 Å². The van der Waals surface area contributed by atoms with Crippen molar-refractivity contribution in [1.29, 1.82) is 0 Å². The minimum Gasteiger partial charge on any atom is -0.391 e. The third-order valence-electron chi connectivity index (χ3n) is 21.6. The van der Waals surface area contributed by atoms with Gasteiger partial charge in [0.05, 0.1) is 12.5 Å². The molecule has 0 radical (unpaired) electrons. The van der Waals surface area contributed by atoms with Gasteiger partial charge in [-0.15, -0.1) is 0 Å². The Bertz CT molecular complexity index is 3710. The Morgan fingerprint density at radius 1 is 0.527 bits per heavy atom. The van der Waals surface area contributed by atoms with Gasteiger partial charge in [0, 0.05) is 74.6 Å². The molecule has 2 saturated heterocycles. The van der Waals surface area contributed by atoms with Crippen molar-refractivity contribution in [3.63, 3.8) is 0 Å². The predicted octanol–water partition coefficient (Wildman–Crippen LogP) is 3.38. The fourth-order valence-electron chi connectivity index (χ4n) is 13.8. The van der Waals surface area contributed by atoms with Crippen molar-refractivity contribution in [3.8, 4) is 0 Å². The molecule has 2 fully saturated rings. The third kappa shape index (κ3) is 25.6. The number of aliphatic hydroxyl groups excluding tert-OH is 1. The van der Waals surface area contributed by atoms with Crippen LogP contribution in [0.5, 0.6) is 0 Å². The van der Waals surface area contributed by atoms with Crippen LogP contribution in [0.2, 0.25) is 0 Å². The summed E-state index contributed by atoms with van der Waals surface area (Å²) in [6.45, 7) is 24.4. The van der Waals surface area contributed by atoms with Gasteiger partial charge in [0.2, 0.25) is 82.7 Å². The highest BCUT2D eigenvalue weighted by molar-refractivity contribution is 6.01. The number of carbonyl (C=O) groups excluding carboxylic acids is 14. The quantitative estimate of drug-likeness (QED) is 0.0571. The lowest BCUT2D eigenvalue weighted by molar-refractivity contribution is -0.153. The van der Waals surface area contributed by atoms with E-state index in [1.807, 2.05) is 27.7 Å². The zero-order valence-corrected chi connectivity index (χ0v) is 69.4. The highest BCUT2D eigenvalue weighted by Crippen LogP contribution is 2.25. The van der Waals surface area contributed by atoms with Crippen molar-refractivity contribution in [2.24, 2.45) is 29.6 Å². The Kier molecular flexibility index (Phi) is 35.9. The van der Waals surface area contributed by atoms with Crippen LogP contribution in [-0.2, 0) is 86.4 Å². The zero-order valence-electron chi connectivity index (χ0n) is 69.4. The maximum absolute atomic E-state index is 15.8. The second-order valence-corrected chi connectivity index (χ2v) is 32.0. The molecule has 0 bridgehead atoms. The van der Waals surface area contributed by atoms with Crippen LogP contribution < -0.4 is 37.2 Å². The van der Waals surface area contributed by atoms with Crippen molar-refractivity contribution in [1.82, 2.24) is 71.5 Å². The molecule has 8 N–H and O–H groups in total. The van der Waals surface area contributed by atoms with Gasteiger partial charge >= 0.3 is 0 Å². The number of nitrogens with zero attached hydrogens (tertiary/aromatic N) is 7. The summed E-state index contributed by atoms with van der Waals surface area (Å²) in [4.78, 5) is 217. The van der Waals surface area contributed by atoms with Crippen LogP contribution in [0, 0.1) is 29.6 Å². The lowest BCUT2D eigenvalue weighted by atomic mass is 9.96. The number of carbonyl (C=O) groups is 14. The van der Waals surface area contributed by atoms with Crippen molar-refractivity contribution in [2.75, 3.05) is 55.4 Å². The van der Waals surface area contributed by atoms with Crippen LogP contribution in [0.1, 0.15) is 159 Å². The highest BCUT2D eigenvalue weighted by Gasteiger charge is 2.45. The number of likely N-dealkylation sites (tertiary alicyclic amines) is 1. The molecule has 618 valence electrons. The molecule has 15 atom stereocenters. The van der Waals surface area contributed by atoms with Gasteiger partial charge in [0.15, 0.2) is 0 Å². The number of rotatable bonds is 26. The molecular formula is C83H126N14O15. The van der Waals surface area contributed by atoms with E-state index in [2.05, 4.69) is 37.2 Å². The number of hydrogen-bond acceptors (Lipinski definition) is 15. The third-order valence-corrected chi connectivity index (χ3v) is 21.6. The molecule has 2 aliphatic rings. The van der Waals surface area contributed by atoms with E-state index >= 15 is 28.8 Å². The van der Waals surface area contributed by atoms with Crippen molar-refractivity contribution >= 4 is 82.7 Å². The summed E-state index contributed by atoms with van der Waals surface area (Å²) < 4.78 is 0. The summed E-state index contributed by atoms with van der Waals surface area (Å²) in [5, 5.41) is 30.3. The SMILES string of the molecule is CC[C@H](C)[C@H](NC(=O)[C@H](C)N(C)C(=O)[C@@H](NC(=O)[C@H](Cc1ccccc1)N(C)C(=O)[C@H](CC(C)C)N(C)C(=O)[C@H]1CC(=O)N[C@H](C)C(=O)N[C@@H](C(C)C)C(=O)N(C)[C@@H](Cc2ccccc2)C(=O)N(C)[C@@H](CC(C)C)C(=O)N(C)[C@@H](C)C(=O)N[C@@H]([C@@H](C)O)C(=O)N[C@@H](Cc2ccccc2)C(=O)N1)C(C)C)C(=O)N1CCCCC1. The monoisotopic (exact) mass is 1560 g/mol. The number of nitrogens with one attached hydrogen (secondary N) is 7. The van der Waals surface area contributed by atoms with Crippen molar-refractivity contribution in [2.45, 2.75) is 246 Å². The second kappa shape index (κ2) is 43.3. The Hall–Kier alpha value is -9.80. The first kappa shape index (κ1) is 92.8. The summed E-state index contributed by atoms with van der Waals surface area (Å²) in [7, 11) is 8.26. The van der Waals surface area contributed by atoms with Crippen LogP contribution in [0.3, 0.4) is 0 Å². The van der Waals surface area contributed by atoms with E-state index in [9.17, 15) is 43.5 Å². The van der Waals surface area contributed by atoms with Crippen LogP contribution in [-0.4, -0.2) is 262 Å². The molecule has 2 heterocycles. The average Bonchev–Trinajstić information content (AvgIpc) is 0.874. The summed E-state index contributed by atoms with van der Waals surface area (Å²) in [5.74, 6) is -13.0. The molecule has 0 saturated carbocycles. The van der Waals surface area contributed by atoms with E-state index in [4.69, 9.17) is 0 Å². The standard InChI is InChI=1S/C83H126N14O15/c1-21-52(10)69(83(112)97-40-32-25-33-41-97)89-72(101)55(13)92(16)81(110)67(50(6)7)88-75(104)62(45-58-36-28-23-29-37-58)93(17)79(108)64(43-49(4)5)94(18)77(106)61-47-66(99)84-53(11)71(100)87-68(51(8)9)82(111)96(20)65(46-59-38-30-24-31-39-59)80(109)95(19)63(42-48(2)3)78(107)91(15)54(12)73(102)90-70(56(14)98)76(105)85-60(74(103)86-61)44-57-34-26-22-27-35-57/h22-24,26-31,34-39,48-56,60-65,67-70,98H,21,25,32-33,40-47H2,1-20H3,(H,84,99)(H,85,105)(H,86,103)(H,87,100)(H,88,104)(H,89,101)(H,90,102)/t52-,53+,54-,55-,56+,60-,61+,62-,63-,64-,65-,67-,68-,69-,70-/m0/s1. The summed E-state index contributed by atoms with van der Waals surface area (Å²) in [6.07, 6.45) is 0.298. The van der Waals surface area contributed by atoms with Gasteiger partial charge in [-0.25, -0.2) is 0 Å². The van der Waals surface area contributed by atoms with Gasteiger partial charge in [0.25, 0.3) is 0 Å². The number of aliphatic hydroxyl groups is 1. The zero-order chi connectivity index (χ0) is 83.9. The molecule has 0 aliphatic carbocycles. The number of likely N-dealkylation sites (N-methyl/N-ethyl adjacent to an activating group) is 6. The van der Waals surface area contributed by atoms with E-state index in [1.54, 1.807) is 137 Å². The van der Waals surface area contributed by atoms with Gasteiger partial charge in [-0.3, -0.25) is 67.1 Å². The fraction of sp³-hybridized carbons (Fsp3) is 0.614.